The van der Waals surface area contributed by atoms with Gasteiger partial charge in [0.25, 0.3) is 0 Å². The minimum absolute atomic E-state index is 0.268. The summed E-state index contributed by atoms with van der Waals surface area (Å²) in [5.41, 5.74) is 1.15. The fourth-order valence-electron chi connectivity index (χ4n) is 1.92. The number of halogens is 2. The van der Waals surface area contributed by atoms with Crippen molar-refractivity contribution >= 4 is 27.5 Å². The number of pyridine rings is 1. The molecular weight excluding hydrogens is 352 g/mol. The van der Waals surface area contributed by atoms with Gasteiger partial charge in [0, 0.05) is 16.7 Å². The number of aromatic nitrogens is 1. The first-order valence-electron chi connectivity index (χ1n) is 6.91. The second-order valence-corrected chi connectivity index (χ2v) is 6.13. The molecule has 2 rings (SSSR count). The highest BCUT2D eigenvalue weighted by atomic mass is 79.9. The largest absolute Gasteiger partial charge is 0.454 e. The van der Waals surface area contributed by atoms with Crippen LogP contribution in [-0.2, 0) is 0 Å². The highest BCUT2D eigenvalue weighted by Gasteiger charge is 2.09. The molecule has 1 aromatic heterocycles. The maximum absolute atomic E-state index is 6.31. The number of nitrogens with one attached hydrogen (secondary N) is 1. The first-order valence-corrected chi connectivity index (χ1v) is 8.08. The zero-order valence-corrected chi connectivity index (χ0v) is 14.4. The Kier molecular flexibility index (Phi) is 6.03. The first-order chi connectivity index (χ1) is 10.1. The molecule has 1 unspecified atom stereocenters. The predicted molar refractivity (Wildman–Crippen MR) is 90.2 cm³/mol. The Morgan fingerprint density at radius 1 is 1.33 bits per heavy atom. The van der Waals surface area contributed by atoms with E-state index in [0.29, 0.717) is 16.5 Å². The van der Waals surface area contributed by atoms with Crippen LogP contribution in [0.15, 0.2) is 41.1 Å². The van der Waals surface area contributed by atoms with Crippen LogP contribution in [-0.4, -0.2) is 11.5 Å². The number of benzene rings is 1. The van der Waals surface area contributed by atoms with Crippen molar-refractivity contribution in [3.8, 4) is 11.5 Å². The van der Waals surface area contributed by atoms with Crippen molar-refractivity contribution in [2.45, 2.75) is 26.3 Å². The van der Waals surface area contributed by atoms with Crippen molar-refractivity contribution in [1.82, 2.24) is 10.3 Å². The summed E-state index contributed by atoms with van der Waals surface area (Å²) in [4.78, 5) is 4.06. The summed E-state index contributed by atoms with van der Waals surface area (Å²) in [7, 11) is 0. The molecule has 0 bridgehead atoms. The molecule has 0 saturated carbocycles. The summed E-state index contributed by atoms with van der Waals surface area (Å²) in [6.45, 7) is 5.26. The van der Waals surface area contributed by atoms with E-state index in [2.05, 4.69) is 40.1 Å². The van der Waals surface area contributed by atoms with Crippen molar-refractivity contribution in [1.29, 1.82) is 0 Å². The van der Waals surface area contributed by atoms with Crippen LogP contribution < -0.4 is 10.1 Å². The van der Waals surface area contributed by atoms with E-state index >= 15 is 0 Å². The molecule has 112 valence electrons. The van der Waals surface area contributed by atoms with E-state index < -0.39 is 0 Å². The van der Waals surface area contributed by atoms with E-state index in [9.17, 15) is 0 Å². The van der Waals surface area contributed by atoms with E-state index in [1.807, 2.05) is 24.3 Å². The summed E-state index contributed by atoms with van der Waals surface area (Å²) in [6.07, 6.45) is 4.47. The Labute approximate surface area is 138 Å². The average Bonchev–Trinajstić information content (AvgIpc) is 2.47. The molecule has 0 fully saturated rings. The van der Waals surface area contributed by atoms with E-state index in [1.54, 1.807) is 12.4 Å². The summed E-state index contributed by atoms with van der Waals surface area (Å²) >= 11 is 9.68. The summed E-state index contributed by atoms with van der Waals surface area (Å²) in [5, 5.41) is 4.03. The van der Waals surface area contributed by atoms with Gasteiger partial charge in [-0.15, -0.1) is 0 Å². The van der Waals surface area contributed by atoms with Crippen LogP contribution in [0.4, 0.5) is 0 Å². The van der Waals surface area contributed by atoms with E-state index in [4.69, 9.17) is 16.3 Å². The van der Waals surface area contributed by atoms with Crippen molar-refractivity contribution in [2.24, 2.45) is 0 Å². The fourth-order valence-corrected chi connectivity index (χ4v) is 2.49. The van der Waals surface area contributed by atoms with Crippen LogP contribution in [0.5, 0.6) is 11.5 Å². The van der Waals surface area contributed by atoms with Gasteiger partial charge in [-0.1, -0.05) is 24.6 Å². The Hall–Kier alpha value is -1.10. The first kappa shape index (κ1) is 16.3. The third kappa shape index (κ3) is 4.70. The van der Waals surface area contributed by atoms with Gasteiger partial charge in [0.05, 0.1) is 11.2 Å². The van der Waals surface area contributed by atoms with Crippen LogP contribution in [0.1, 0.15) is 31.9 Å². The number of rotatable bonds is 6. The average molecular weight is 370 g/mol. The lowest BCUT2D eigenvalue weighted by Gasteiger charge is -2.15. The maximum Gasteiger partial charge on any atom is 0.146 e. The minimum Gasteiger partial charge on any atom is -0.454 e. The van der Waals surface area contributed by atoms with Gasteiger partial charge in [-0.25, -0.2) is 0 Å². The predicted octanol–water partition coefficient (Wildman–Crippen LogP) is 5.35. The Morgan fingerprint density at radius 2 is 2.14 bits per heavy atom. The van der Waals surface area contributed by atoms with Crippen molar-refractivity contribution in [3.05, 3.63) is 51.7 Å². The Bertz CT molecular complexity index is 607. The minimum atomic E-state index is 0.268. The summed E-state index contributed by atoms with van der Waals surface area (Å²) in [6, 6.07) is 7.98. The quantitative estimate of drug-likeness (QED) is 0.745. The molecule has 1 N–H and O–H groups in total. The maximum atomic E-state index is 6.31. The molecule has 3 nitrogen and oxygen atoms in total. The fraction of sp³-hybridized carbons (Fsp3) is 0.312. The molecule has 1 aromatic carbocycles. The normalized spacial score (nSPS) is 12.2. The van der Waals surface area contributed by atoms with Crippen LogP contribution in [0.3, 0.4) is 0 Å². The zero-order valence-electron chi connectivity index (χ0n) is 12.1. The van der Waals surface area contributed by atoms with Crippen LogP contribution in [0.2, 0.25) is 5.02 Å². The van der Waals surface area contributed by atoms with E-state index in [1.165, 1.54) is 0 Å². The second kappa shape index (κ2) is 7.78. The van der Waals surface area contributed by atoms with Crippen molar-refractivity contribution < 1.29 is 4.74 Å². The molecular formula is C16H18BrClN2O. The van der Waals surface area contributed by atoms with E-state index in [-0.39, 0.29) is 6.04 Å². The van der Waals surface area contributed by atoms with Crippen LogP contribution >= 0.6 is 27.5 Å². The van der Waals surface area contributed by atoms with Gasteiger partial charge in [-0.3, -0.25) is 4.98 Å². The Morgan fingerprint density at radius 3 is 2.81 bits per heavy atom. The molecule has 2 aromatic rings. The molecule has 0 spiro atoms. The number of ether oxygens (including phenoxy) is 1. The van der Waals surface area contributed by atoms with Gasteiger partial charge in [0.1, 0.15) is 11.5 Å². The molecule has 21 heavy (non-hydrogen) atoms. The monoisotopic (exact) mass is 368 g/mol. The molecule has 0 amide bonds. The van der Waals surface area contributed by atoms with Gasteiger partial charge in [0.15, 0.2) is 0 Å². The van der Waals surface area contributed by atoms with Gasteiger partial charge in [-0.2, -0.15) is 0 Å². The van der Waals surface area contributed by atoms with Crippen LogP contribution in [0, 0.1) is 0 Å². The van der Waals surface area contributed by atoms with Crippen molar-refractivity contribution in [2.75, 3.05) is 6.54 Å². The lowest BCUT2D eigenvalue weighted by atomic mass is 10.1. The number of hydrogen-bond donors (Lipinski definition) is 1. The highest BCUT2D eigenvalue weighted by Crippen LogP contribution is 2.32. The van der Waals surface area contributed by atoms with Gasteiger partial charge in [0.2, 0.25) is 0 Å². The summed E-state index contributed by atoms with van der Waals surface area (Å²) < 4.78 is 6.63. The third-order valence-electron chi connectivity index (χ3n) is 3.06. The number of nitrogens with zero attached hydrogens (tertiary/aromatic N) is 1. The van der Waals surface area contributed by atoms with Crippen LogP contribution in [0.25, 0.3) is 0 Å². The van der Waals surface area contributed by atoms with Gasteiger partial charge in [-0.05, 0) is 59.6 Å². The molecule has 1 atom stereocenters. The standard InChI is InChI=1S/C16H18BrClN2O/c1-3-6-20-11(2)12-4-5-16(15(18)7-12)21-14-8-13(17)9-19-10-14/h4-5,7-11,20H,3,6H2,1-2H3. The molecule has 0 aliphatic carbocycles. The topological polar surface area (TPSA) is 34.1 Å². The van der Waals surface area contributed by atoms with Gasteiger partial charge < -0.3 is 10.1 Å². The molecule has 0 radical (unpaired) electrons. The van der Waals surface area contributed by atoms with E-state index in [0.717, 1.165) is 23.0 Å². The van der Waals surface area contributed by atoms with Gasteiger partial charge >= 0.3 is 0 Å². The molecule has 0 aliphatic heterocycles. The zero-order chi connectivity index (χ0) is 15.2. The third-order valence-corrected chi connectivity index (χ3v) is 3.79. The lowest BCUT2D eigenvalue weighted by molar-refractivity contribution is 0.479. The molecule has 5 heteroatoms. The molecule has 0 saturated heterocycles. The summed E-state index contributed by atoms with van der Waals surface area (Å²) in [5.74, 6) is 1.28. The lowest BCUT2D eigenvalue weighted by Crippen LogP contribution is -2.19. The van der Waals surface area contributed by atoms with Crippen molar-refractivity contribution in [3.63, 3.8) is 0 Å². The smallest absolute Gasteiger partial charge is 0.146 e. The highest BCUT2D eigenvalue weighted by molar-refractivity contribution is 9.10. The molecule has 1 heterocycles. The number of hydrogen-bond acceptors (Lipinski definition) is 3. The molecule has 0 aliphatic rings. The SMILES string of the molecule is CCCNC(C)c1ccc(Oc2cncc(Br)c2)c(Cl)c1. The Balaban J connectivity index is 2.12. The second-order valence-electron chi connectivity index (χ2n) is 4.81.